The zero-order chi connectivity index (χ0) is 30.2. The lowest BCUT2D eigenvalue weighted by Crippen LogP contribution is -2.50. The fourth-order valence-electron chi connectivity index (χ4n) is 4.89. The Hall–Kier alpha value is -3.33. The average molecular weight is 572 g/mol. The van der Waals surface area contributed by atoms with Crippen molar-refractivity contribution in [2.45, 2.75) is 97.1 Å². The van der Waals surface area contributed by atoms with Crippen LogP contribution in [0, 0.1) is 11.8 Å². The molecule has 1 saturated heterocycles. The van der Waals surface area contributed by atoms with E-state index in [0.29, 0.717) is 6.42 Å². The Kier molecular flexibility index (Phi) is 15.0. The third kappa shape index (κ3) is 11.6. The molecule has 0 saturated carbocycles. The predicted octanol–water partition coefficient (Wildman–Crippen LogP) is 4.98. The highest BCUT2D eigenvalue weighted by atomic mass is 16.6. The van der Waals surface area contributed by atoms with E-state index in [4.69, 9.17) is 14.6 Å². The minimum Gasteiger partial charge on any atom is -0.453 e. The van der Waals surface area contributed by atoms with Crippen molar-refractivity contribution >= 4 is 29.5 Å². The molecule has 41 heavy (non-hydrogen) atoms. The molecule has 1 N–H and O–H groups in total. The summed E-state index contributed by atoms with van der Waals surface area (Å²) in [5.41, 5.74) is 0.720. The summed E-state index contributed by atoms with van der Waals surface area (Å²) in [5, 5.41) is 8.82. The quantitative estimate of drug-likeness (QED) is 0.140. The number of esters is 1. The van der Waals surface area contributed by atoms with E-state index in [1.165, 1.54) is 6.08 Å². The number of cyclic esters (lactones) is 1. The molecule has 0 spiro atoms. The van der Waals surface area contributed by atoms with Crippen LogP contribution in [0.4, 0.5) is 4.79 Å². The Morgan fingerprint density at radius 1 is 0.976 bits per heavy atom. The molecule has 9 heteroatoms. The molecule has 1 aliphatic rings. The summed E-state index contributed by atoms with van der Waals surface area (Å²) in [7, 11) is 0. The highest BCUT2D eigenvalue weighted by Crippen LogP contribution is 2.27. The molecule has 2 amide bonds. The van der Waals surface area contributed by atoms with Gasteiger partial charge in [-0.15, -0.1) is 0 Å². The van der Waals surface area contributed by atoms with E-state index in [1.54, 1.807) is 24.3 Å². The van der Waals surface area contributed by atoms with Gasteiger partial charge in [-0.05, 0) is 42.9 Å². The van der Waals surface area contributed by atoms with E-state index in [2.05, 4.69) is 0 Å². The zero-order valence-electron chi connectivity index (χ0n) is 24.6. The highest BCUT2D eigenvalue weighted by Gasteiger charge is 2.46. The summed E-state index contributed by atoms with van der Waals surface area (Å²) in [4.78, 5) is 65.3. The van der Waals surface area contributed by atoms with Crippen LogP contribution in [0.3, 0.4) is 0 Å². The smallest absolute Gasteiger partial charge is 0.416 e. The van der Waals surface area contributed by atoms with Gasteiger partial charge < -0.3 is 14.6 Å². The summed E-state index contributed by atoms with van der Waals surface area (Å²) in [5.74, 6) is -3.62. The zero-order valence-corrected chi connectivity index (χ0v) is 24.6. The van der Waals surface area contributed by atoms with E-state index in [9.17, 15) is 24.0 Å². The number of amides is 2. The van der Waals surface area contributed by atoms with Crippen molar-refractivity contribution in [3.8, 4) is 0 Å². The normalized spacial score (nSPS) is 16.6. The van der Waals surface area contributed by atoms with Gasteiger partial charge in [0.15, 0.2) is 17.7 Å². The summed E-state index contributed by atoms with van der Waals surface area (Å²) >= 11 is 0. The molecule has 0 radical (unpaired) electrons. The van der Waals surface area contributed by atoms with Crippen molar-refractivity contribution in [2.75, 3.05) is 13.2 Å². The lowest BCUT2D eigenvalue weighted by atomic mass is 9.89. The van der Waals surface area contributed by atoms with Crippen molar-refractivity contribution in [2.24, 2.45) is 11.8 Å². The number of carbonyl (C=O) groups excluding carboxylic acids is 5. The van der Waals surface area contributed by atoms with Crippen LogP contribution < -0.4 is 0 Å². The molecule has 1 aromatic carbocycles. The number of allylic oxidation sites excluding steroid dienone is 1. The molecule has 1 aromatic rings. The van der Waals surface area contributed by atoms with Crippen molar-refractivity contribution < 1.29 is 38.6 Å². The summed E-state index contributed by atoms with van der Waals surface area (Å²) in [6.07, 6.45) is 8.03. The van der Waals surface area contributed by atoms with Gasteiger partial charge in [0.05, 0.1) is 12.0 Å². The maximum atomic E-state index is 13.8. The largest absolute Gasteiger partial charge is 0.453 e. The minimum absolute atomic E-state index is 0.0414. The maximum absolute atomic E-state index is 13.8. The number of unbranched alkanes of at least 4 members (excludes halogenated alkanes) is 7. The number of carbonyl (C=O) groups is 5. The topological polar surface area (TPSA) is 127 Å². The van der Waals surface area contributed by atoms with Crippen LogP contribution in [-0.2, 0) is 35.1 Å². The molecule has 1 heterocycles. The molecule has 9 nitrogen and oxygen atoms in total. The SMILES string of the molecule is CC(=O)OC(C(=O)C=CC(=O)CCCCCCCCCCO)C(Cc1ccccc1)C(=O)N1C(=O)OCC1C(C)C. The first kappa shape index (κ1) is 33.9. The second-order valence-corrected chi connectivity index (χ2v) is 10.9. The highest BCUT2D eigenvalue weighted by molar-refractivity contribution is 6.04. The Morgan fingerprint density at radius 3 is 2.17 bits per heavy atom. The van der Waals surface area contributed by atoms with Gasteiger partial charge in [-0.1, -0.05) is 82.7 Å². The van der Waals surface area contributed by atoms with Crippen LogP contribution in [0.15, 0.2) is 42.5 Å². The summed E-state index contributed by atoms with van der Waals surface area (Å²) in [6.45, 7) is 5.15. The first-order valence-electron chi connectivity index (χ1n) is 14.7. The number of hydrogen-bond acceptors (Lipinski definition) is 8. The number of rotatable bonds is 19. The van der Waals surface area contributed by atoms with Gasteiger partial charge in [0.2, 0.25) is 5.91 Å². The van der Waals surface area contributed by atoms with Gasteiger partial charge in [0, 0.05) is 20.0 Å². The Bertz CT molecular complexity index is 1040. The standard InChI is InChI=1S/C32H45NO8/c1-23(2)28-22-40-32(39)33(28)31(38)27(21-25-15-11-10-12-16-25)30(41-24(3)35)29(37)19-18-26(36)17-13-8-6-4-5-7-9-14-20-34/h10-12,15-16,18-19,23,27-28,30,34H,4-9,13-14,17,20-22H2,1-3H3. The molecule has 3 unspecified atom stereocenters. The summed E-state index contributed by atoms with van der Waals surface area (Å²) in [6, 6.07) is 8.44. The monoisotopic (exact) mass is 571 g/mol. The van der Waals surface area contributed by atoms with Gasteiger partial charge in [-0.2, -0.15) is 0 Å². The third-order valence-electron chi connectivity index (χ3n) is 7.23. The fraction of sp³-hybridized carbons (Fsp3) is 0.594. The molecule has 0 bridgehead atoms. The van der Waals surface area contributed by atoms with Crippen molar-refractivity contribution in [1.29, 1.82) is 0 Å². The van der Waals surface area contributed by atoms with E-state index in [0.717, 1.165) is 68.4 Å². The van der Waals surface area contributed by atoms with Crippen LogP contribution in [0.25, 0.3) is 0 Å². The van der Waals surface area contributed by atoms with Crippen LogP contribution >= 0.6 is 0 Å². The van der Waals surface area contributed by atoms with E-state index < -0.39 is 41.8 Å². The average Bonchev–Trinajstić information content (AvgIpc) is 3.34. The van der Waals surface area contributed by atoms with Gasteiger partial charge >= 0.3 is 12.1 Å². The maximum Gasteiger partial charge on any atom is 0.416 e. The number of ether oxygens (including phenoxy) is 2. The number of aliphatic hydroxyl groups is 1. The summed E-state index contributed by atoms with van der Waals surface area (Å²) < 4.78 is 10.5. The van der Waals surface area contributed by atoms with Crippen molar-refractivity contribution in [3.63, 3.8) is 0 Å². The fourth-order valence-corrected chi connectivity index (χ4v) is 4.89. The number of hydrogen-bond donors (Lipinski definition) is 1. The predicted molar refractivity (Wildman–Crippen MR) is 154 cm³/mol. The third-order valence-corrected chi connectivity index (χ3v) is 7.23. The molecule has 0 aromatic heterocycles. The molecular weight excluding hydrogens is 526 g/mol. The second kappa shape index (κ2) is 18.2. The molecule has 226 valence electrons. The van der Waals surface area contributed by atoms with Crippen LogP contribution in [-0.4, -0.2) is 64.9 Å². The molecular formula is C32H45NO8. The van der Waals surface area contributed by atoms with Crippen LogP contribution in [0.2, 0.25) is 0 Å². The van der Waals surface area contributed by atoms with Crippen LogP contribution in [0.1, 0.15) is 84.1 Å². The molecule has 2 rings (SSSR count). The Morgan fingerprint density at radius 2 is 1.59 bits per heavy atom. The Labute approximate surface area is 243 Å². The molecule has 1 fully saturated rings. The van der Waals surface area contributed by atoms with Gasteiger partial charge in [0.1, 0.15) is 6.61 Å². The lowest BCUT2D eigenvalue weighted by Gasteiger charge is -2.30. The number of benzene rings is 1. The number of nitrogens with zero attached hydrogens (tertiary/aromatic N) is 1. The van der Waals surface area contributed by atoms with Crippen LogP contribution in [0.5, 0.6) is 0 Å². The van der Waals surface area contributed by atoms with Gasteiger partial charge in [-0.25, -0.2) is 9.69 Å². The van der Waals surface area contributed by atoms with Crippen molar-refractivity contribution in [1.82, 2.24) is 4.90 Å². The molecule has 3 atom stereocenters. The number of ketones is 2. The van der Waals surface area contributed by atoms with Gasteiger partial charge in [-0.3, -0.25) is 19.2 Å². The first-order valence-corrected chi connectivity index (χ1v) is 14.7. The van der Waals surface area contributed by atoms with E-state index in [1.807, 2.05) is 19.9 Å². The number of imide groups is 1. The second-order valence-electron chi connectivity index (χ2n) is 10.9. The number of aliphatic hydroxyl groups excluding tert-OH is 1. The molecule has 1 aliphatic heterocycles. The Balaban J connectivity index is 2.11. The van der Waals surface area contributed by atoms with E-state index >= 15 is 0 Å². The van der Waals surface area contributed by atoms with E-state index in [-0.39, 0.29) is 37.8 Å². The minimum atomic E-state index is -1.52. The first-order chi connectivity index (χ1) is 19.6. The lowest BCUT2D eigenvalue weighted by molar-refractivity contribution is -0.159. The van der Waals surface area contributed by atoms with Gasteiger partial charge in [0.25, 0.3) is 0 Å². The van der Waals surface area contributed by atoms with Crippen molar-refractivity contribution in [3.05, 3.63) is 48.0 Å². The molecule has 0 aliphatic carbocycles.